The van der Waals surface area contributed by atoms with E-state index in [1.165, 1.54) is 6.33 Å². The van der Waals surface area contributed by atoms with Gasteiger partial charge in [0.1, 0.15) is 17.8 Å². The monoisotopic (exact) mass is 385 g/mol. The summed E-state index contributed by atoms with van der Waals surface area (Å²) in [4.78, 5) is 20.0. The maximum Gasteiger partial charge on any atom is 0.250 e. The van der Waals surface area contributed by atoms with Gasteiger partial charge in [-0.3, -0.25) is 4.79 Å². The molecule has 3 rings (SSSR count). The van der Waals surface area contributed by atoms with E-state index in [9.17, 15) is 4.79 Å². The number of amides is 1. The van der Waals surface area contributed by atoms with Crippen LogP contribution in [0.1, 0.15) is 6.92 Å². The first-order valence-electron chi connectivity index (χ1n) is 7.21. The highest BCUT2D eigenvalue weighted by molar-refractivity contribution is 9.10. The van der Waals surface area contributed by atoms with E-state index in [1.807, 2.05) is 35.9 Å². The van der Waals surface area contributed by atoms with Crippen LogP contribution < -0.4 is 11.1 Å². The second kappa shape index (κ2) is 6.09. The fraction of sp³-hybridized carbons (Fsp3) is 0.118. The molecule has 3 aromatic rings. The fourth-order valence-electron chi connectivity index (χ4n) is 2.50. The highest BCUT2D eigenvalue weighted by Crippen LogP contribution is 2.38. The number of carbonyl (C=O) groups is 1. The average molecular weight is 386 g/mol. The maximum atomic E-state index is 11.7. The smallest absolute Gasteiger partial charge is 0.250 e. The lowest BCUT2D eigenvalue weighted by Gasteiger charge is -2.08. The predicted molar refractivity (Wildman–Crippen MR) is 99.5 cm³/mol. The van der Waals surface area contributed by atoms with Gasteiger partial charge in [0.15, 0.2) is 0 Å². The van der Waals surface area contributed by atoms with Crippen molar-refractivity contribution in [1.29, 1.82) is 0 Å². The molecule has 0 radical (unpaired) electrons. The van der Waals surface area contributed by atoms with E-state index in [-0.39, 0.29) is 5.91 Å². The molecule has 1 aromatic carbocycles. The molecule has 0 spiro atoms. The molecule has 7 heteroatoms. The number of nitrogen functional groups attached to an aromatic ring is 1. The number of aromatic nitrogens is 3. The Kier molecular flexibility index (Phi) is 4.11. The van der Waals surface area contributed by atoms with Crippen LogP contribution in [0, 0.1) is 0 Å². The zero-order chi connectivity index (χ0) is 17.4. The molecule has 0 fully saturated rings. The number of fused-ring (bicyclic) bond motifs is 1. The number of benzene rings is 1. The quantitative estimate of drug-likeness (QED) is 0.675. The number of aryl methyl sites for hydroxylation is 1. The Bertz CT molecular complexity index is 959. The van der Waals surface area contributed by atoms with Crippen LogP contribution in [0.25, 0.3) is 22.3 Å². The molecular weight excluding hydrogens is 370 g/mol. The van der Waals surface area contributed by atoms with Crippen molar-refractivity contribution in [2.45, 2.75) is 6.92 Å². The van der Waals surface area contributed by atoms with Gasteiger partial charge < -0.3 is 15.6 Å². The van der Waals surface area contributed by atoms with E-state index in [4.69, 9.17) is 5.73 Å². The molecule has 2 heterocycles. The highest BCUT2D eigenvalue weighted by Gasteiger charge is 2.18. The Morgan fingerprint density at radius 2 is 1.96 bits per heavy atom. The highest BCUT2D eigenvalue weighted by atomic mass is 79.9. The van der Waals surface area contributed by atoms with Gasteiger partial charge in [-0.2, -0.15) is 0 Å². The van der Waals surface area contributed by atoms with Gasteiger partial charge in [-0.25, -0.2) is 9.97 Å². The molecule has 1 amide bonds. The van der Waals surface area contributed by atoms with Crippen LogP contribution >= 0.6 is 15.9 Å². The normalized spacial score (nSPS) is 10.8. The number of nitrogens with two attached hydrogens (primary N) is 1. The molecule has 122 valence electrons. The molecule has 0 aliphatic heterocycles. The number of hydrogen-bond donors (Lipinski definition) is 2. The Labute approximate surface area is 147 Å². The average Bonchev–Trinajstić information content (AvgIpc) is 2.81. The topological polar surface area (TPSA) is 85.8 Å². The van der Waals surface area contributed by atoms with Crippen molar-refractivity contribution in [3.8, 4) is 11.3 Å². The summed E-state index contributed by atoms with van der Waals surface area (Å²) >= 11 is 3.61. The summed E-state index contributed by atoms with van der Waals surface area (Å²) in [5, 5.41) is 3.57. The molecule has 0 bridgehead atoms. The molecule has 6 nitrogen and oxygen atoms in total. The first-order chi connectivity index (χ1) is 11.4. The van der Waals surface area contributed by atoms with Gasteiger partial charge in [0, 0.05) is 18.3 Å². The molecule has 0 aliphatic carbocycles. The lowest BCUT2D eigenvalue weighted by molar-refractivity contribution is -0.112. The third-order valence-electron chi connectivity index (χ3n) is 3.74. The van der Waals surface area contributed by atoms with Crippen LogP contribution in [0.4, 0.5) is 11.5 Å². The van der Waals surface area contributed by atoms with E-state index in [1.54, 1.807) is 6.92 Å². The number of nitrogens with zero attached hydrogens (tertiary/aromatic N) is 3. The van der Waals surface area contributed by atoms with Crippen molar-refractivity contribution in [2.24, 2.45) is 7.05 Å². The van der Waals surface area contributed by atoms with Crippen LogP contribution in [0.3, 0.4) is 0 Å². The first-order valence-corrected chi connectivity index (χ1v) is 8.01. The molecule has 0 atom stereocenters. The van der Waals surface area contributed by atoms with Crippen molar-refractivity contribution in [1.82, 2.24) is 14.5 Å². The van der Waals surface area contributed by atoms with Gasteiger partial charge in [-0.05, 0) is 40.5 Å². The number of nitrogens with one attached hydrogen (secondary N) is 1. The summed E-state index contributed by atoms with van der Waals surface area (Å²) in [5.74, 6) is 0.232. The van der Waals surface area contributed by atoms with Gasteiger partial charge in [-0.1, -0.05) is 18.7 Å². The van der Waals surface area contributed by atoms with Gasteiger partial charge in [-0.15, -0.1) is 0 Å². The summed E-state index contributed by atoms with van der Waals surface area (Å²) in [6.07, 6.45) is 1.45. The summed E-state index contributed by atoms with van der Waals surface area (Å²) in [6.45, 7) is 5.29. The van der Waals surface area contributed by atoms with E-state index in [0.717, 1.165) is 26.8 Å². The van der Waals surface area contributed by atoms with Gasteiger partial charge in [0.05, 0.1) is 15.6 Å². The summed E-state index contributed by atoms with van der Waals surface area (Å²) < 4.78 is 2.80. The summed E-state index contributed by atoms with van der Waals surface area (Å²) in [5.41, 5.74) is 9.81. The third kappa shape index (κ3) is 2.67. The van der Waals surface area contributed by atoms with Crippen molar-refractivity contribution < 1.29 is 4.79 Å². The molecule has 0 saturated carbocycles. The lowest BCUT2D eigenvalue weighted by Crippen LogP contribution is -2.11. The SMILES string of the molecule is C=C(C)C(=O)Nc1ccc(-c2c(Br)c3c(N)ncnc3n2C)cc1. The van der Waals surface area contributed by atoms with Crippen LogP contribution in [0.15, 0.2) is 47.2 Å². The van der Waals surface area contributed by atoms with Crippen molar-refractivity contribution in [3.05, 3.63) is 47.2 Å². The van der Waals surface area contributed by atoms with Crippen molar-refractivity contribution >= 4 is 44.4 Å². The van der Waals surface area contributed by atoms with Crippen molar-refractivity contribution in [2.75, 3.05) is 11.1 Å². The molecule has 24 heavy (non-hydrogen) atoms. The second-order valence-electron chi connectivity index (χ2n) is 5.49. The minimum absolute atomic E-state index is 0.198. The van der Waals surface area contributed by atoms with Crippen LogP contribution in [0.5, 0.6) is 0 Å². The third-order valence-corrected chi connectivity index (χ3v) is 4.51. The maximum absolute atomic E-state index is 11.7. The lowest BCUT2D eigenvalue weighted by atomic mass is 10.1. The first kappa shape index (κ1) is 16.2. The minimum atomic E-state index is -0.198. The Morgan fingerprint density at radius 1 is 1.29 bits per heavy atom. The van der Waals surface area contributed by atoms with Gasteiger partial charge in [0.2, 0.25) is 0 Å². The molecule has 0 saturated heterocycles. The number of halogens is 1. The molecular formula is C17H16BrN5O. The molecule has 3 N–H and O–H groups in total. The Morgan fingerprint density at radius 3 is 2.54 bits per heavy atom. The molecule has 0 unspecified atom stereocenters. The van der Waals surface area contributed by atoms with E-state index < -0.39 is 0 Å². The zero-order valence-electron chi connectivity index (χ0n) is 13.3. The van der Waals surface area contributed by atoms with Crippen molar-refractivity contribution in [3.63, 3.8) is 0 Å². The van der Waals surface area contributed by atoms with E-state index in [0.29, 0.717) is 17.1 Å². The summed E-state index contributed by atoms with van der Waals surface area (Å²) in [6, 6.07) is 7.54. The largest absolute Gasteiger partial charge is 0.383 e. The number of rotatable bonds is 3. The molecule has 0 aliphatic rings. The van der Waals surface area contributed by atoms with Crippen LogP contribution in [0.2, 0.25) is 0 Å². The number of hydrogen-bond acceptors (Lipinski definition) is 4. The summed E-state index contributed by atoms with van der Waals surface area (Å²) in [7, 11) is 1.92. The van der Waals surface area contributed by atoms with Crippen LogP contribution in [-0.4, -0.2) is 20.4 Å². The molecule has 2 aromatic heterocycles. The van der Waals surface area contributed by atoms with Gasteiger partial charge in [0.25, 0.3) is 5.91 Å². The van der Waals surface area contributed by atoms with Crippen LogP contribution in [-0.2, 0) is 11.8 Å². The minimum Gasteiger partial charge on any atom is -0.383 e. The Hall–Kier alpha value is -2.67. The standard InChI is InChI=1S/C17H16BrN5O/c1-9(2)17(24)22-11-6-4-10(5-7-11)14-13(18)12-15(19)20-8-21-16(12)23(14)3/h4-8H,1H2,2-3H3,(H,22,24)(H2,19,20,21). The second-order valence-corrected chi connectivity index (χ2v) is 6.28. The fourth-order valence-corrected chi connectivity index (χ4v) is 3.37. The Balaban J connectivity index is 2.04. The predicted octanol–water partition coefficient (Wildman–Crippen LogP) is 3.49. The zero-order valence-corrected chi connectivity index (χ0v) is 14.9. The van der Waals surface area contributed by atoms with E-state index in [2.05, 4.69) is 37.8 Å². The number of carbonyl (C=O) groups excluding carboxylic acids is 1. The van der Waals surface area contributed by atoms with E-state index >= 15 is 0 Å². The number of anilines is 2. The van der Waals surface area contributed by atoms with Gasteiger partial charge >= 0.3 is 0 Å².